The second-order valence-corrected chi connectivity index (χ2v) is 4.66. The molecule has 5 heteroatoms. The van der Waals surface area contributed by atoms with E-state index in [9.17, 15) is 9.59 Å². The first kappa shape index (κ1) is 14.6. The Morgan fingerprint density at radius 1 is 0.857 bits per heavy atom. The van der Waals surface area contributed by atoms with Gasteiger partial charge in [0, 0.05) is 24.0 Å². The third-order valence-electron chi connectivity index (χ3n) is 2.84. The van der Waals surface area contributed by atoms with E-state index in [4.69, 9.17) is 0 Å². The zero-order valence-corrected chi connectivity index (χ0v) is 11.9. The first-order chi connectivity index (χ1) is 10.0. The van der Waals surface area contributed by atoms with E-state index < -0.39 is 0 Å². The van der Waals surface area contributed by atoms with Gasteiger partial charge >= 0.3 is 6.03 Å². The van der Waals surface area contributed by atoms with Crippen LogP contribution >= 0.6 is 0 Å². The maximum absolute atomic E-state index is 11.9. The average Bonchev–Trinajstić information content (AvgIpc) is 2.43. The minimum Gasteiger partial charge on any atom is -0.326 e. The van der Waals surface area contributed by atoms with Crippen LogP contribution in [0.4, 0.5) is 21.9 Å². The summed E-state index contributed by atoms with van der Waals surface area (Å²) in [5.74, 6) is -0.149. The summed E-state index contributed by atoms with van der Waals surface area (Å²) in [6.07, 6.45) is 0. The molecule has 2 rings (SSSR count). The van der Waals surface area contributed by atoms with E-state index in [2.05, 4.69) is 16.0 Å². The highest BCUT2D eigenvalue weighted by Gasteiger charge is 2.05. The number of anilines is 3. The number of carbonyl (C=O) groups is 2. The molecule has 0 saturated heterocycles. The van der Waals surface area contributed by atoms with E-state index in [1.165, 1.54) is 6.92 Å². The second-order valence-electron chi connectivity index (χ2n) is 4.66. The lowest BCUT2D eigenvalue weighted by atomic mass is 10.2. The van der Waals surface area contributed by atoms with Crippen LogP contribution in [0.15, 0.2) is 48.5 Å². The van der Waals surface area contributed by atoms with Crippen molar-refractivity contribution in [2.75, 3.05) is 16.0 Å². The standard InChI is InChI=1S/C16H17N3O2/c1-11-8-9-14(10-15(11)17-12(2)20)19-16(21)18-13-6-4-3-5-7-13/h3-10H,1-2H3,(H,17,20)(H2,18,19,21). The van der Waals surface area contributed by atoms with Crippen LogP contribution in [0.1, 0.15) is 12.5 Å². The normalized spacial score (nSPS) is 9.81. The van der Waals surface area contributed by atoms with Gasteiger partial charge in [0.1, 0.15) is 0 Å². The van der Waals surface area contributed by atoms with E-state index in [-0.39, 0.29) is 11.9 Å². The average molecular weight is 283 g/mol. The molecule has 0 saturated carbocycles. The minimum atomic E-state index is -0.334. The van der Waals surface area contributed by atoms with Gasteiger partial charge < -0.3 is 16.0 Å². The molecule has 0 unspecified atom stereocenters. The van der Waals surface area contributed by atoms with E-state index in [1.54, 1.807) is 24.3 Å². The molecule has 0 aromatic heterocycles. The van der Waals surface area contributed by atoms with Crippen LogP contribution in [-0.2, 0) is 4.79 Å². The molecule has 0 spiro atoms. The summed E-state index contributed by atoms with van der Waals surface area (Å²) in [4.78, 5) is 23.0. The Morgan fingerprint density at radius 2 is 1.52 bits per heavy atom. The molecule has 2 aromatic carbocycles. The Bertz CT molecular complexity index is 654. The van der Waals surface area contributed by atoms with Gasteiger partial charge in [-0.15, -0.1) is 0 Å². The summed E-state index contributed by atoms with van der Waals surface area (Å²) in [6, 6.07) is 14.2. The summed E-state index contributed by atoms with van der Waals surface area (Å²) in [6.45, 7) is 3.33. The zero-order chi connectivity index (χ0) is 15.2. The number of carbonyl (C=O) groups excluding carboxylic acids is 2. The third kappa shape index (κ3) is 4.35. The summed E-state index contributed by atoms with van der Waals surface area (Å²) in [7, 11) is 0. The lowest BCUT2D eigenvalue weighted by Gasteiger charge is -2.11. The largest absolute Gasteiger partial charge is 0.326 e. The van der Waals surface area contributed by atoms with Crippen molar-refractivity contribution in [3.05, 3.63) is 54.1 Å². The van der Waals surface area contributed by atoms with E-state index in [0.717, 1.165) is 5.56 Å². The van der Waals surface area contributed by atoms with Gasteiger partial charge in [-0.2, -0.15) is 0 Å². The van der Waals surface area contributed by atoms with Crippen molar-refractivity contribution < 1.29 is 9.59 Å². The number of rotatable bonds is 3. The zero-order valence-electron chi connectivity index (χ0n) is 11.9. The van der Waals surface area contributed by atoms with Gasteiger partial charge in [0.05, 0.1) is 0 Å². The van der Waals surface area contributed by atoms with Gasteiger partial charge in [-0.1, -0.05) is 24.3 Å². The van der Waals surface area contributed by atoms with Gasteiger partial charge in [0.25, 0.3) is 0 Å². The molecule has 0 aliphatic rings. The van der Waals surface area contributed by atoms with Crippen molar-refractivity contribution in [2.45, 2.75) is 13.8 Å². The molecular formula is C16H17N3O2. The monoisotopic (exact) mass is 283 g/mol. The van der Waals surface area contributed by atoms with Crippen LogP contribution in [0, 0.1) is 6.92 Å². The second kappa shape index (κ2) is 6.56. The Morgan fingerprint density at radius 3 is 2.19 bits per heavy atom. The molecule has 0 fully saturated rings. The number of nitrogens with one attached hydrogen (secondary N) is 3. The van der Waals surface area contributed by atoms with Gasteiger partial charge in [0.2, 0.25) is 5.91 Å². The summed E-state index contributed by atoms with van der Waals surface area (Å²) < 4.78 is 0. The topological polar surface area (TPSA) is 70.2 Å². The van der Waals surface area contributed by atoms with Gasteiger partial charge in [-0.05, 0) is 36.8 Å². The van der Waals surface area contributed by atoms with Crippen LogP contribution in [0.3, 0.4) is 0 Å². The maximum atomic E-state index is 11.9. The Hall–Kier alpha value is -2.82. The maximum Gasteiger partial charge on any atom is 0.323 e. The van der Waals surface area contributed by atoms with Gasteiger partial charge in [-0.25, -0.2) is 4.79 Å². The fraction of sp³-hybridized carbons (Fsp3) is 0.125. The lowest BCUT2D eigenvalue weighted by Crippen LogP contribution is -2.19. The number of hydrogen-bond donors (Lipinski definition) is 3. The Kier molecular flexibility index (Phi) is 4.56. The molecule has 0 aliphatic carbocycles. The number of benzene rings is 2. The first-order valence-electron chi connectivity index (χ1n) is 6.56. The third-order valence-corrected chi connectivity index (χ3v) is 2.84. The molecule has 3 amide bonds. The van der Waals surface area contributed by atoms with Crippen LogP contribution in [0.5, 0.6) is 0 Å². The fourth-order valence-electron chi connectivity index (χ4n) is 1.84. The van der Waals surface area contributed by atoms with Crippen molar-refractivity contribution >= 4 is 29.0 Å². The number of hydrogen-bond acceptors (Lipinski definition) is 2. The predicted octanol–water partition coefficient (Wildman–Crippen LogP) is 3.60. The molecule has 0 heterocycles. The van der Waals surface area contributed by atoms with Crippen LogP contribution < -0.4 is 16.0 Å². The molecule has 3 N–H and O–H groups in total. The lowest BCUT2D eigenvalue weighted by molar-refractivity contribution is -0.114. The van der Waals surface area contributed by atoms with E-state index in [0.29, 0.717) is 17.1 Å². The van der Waals surface area contributed by atoms with Gasteiger partial charge in [-0.3, -0.25) is 4.79 Å². The number of urea groups is 1. The molecular weight excluding hydrogens is 266 g/mol. The number of para-hydroxylation sites is 1. The minimum absolute atomic E-state index is 0.149. The molecule has 0 aliphatic heterocycles. The van der Waals surface area contributed by atoms with Crippen molar-refractivity contribution in [3.8, 4) is 0 Å². The number of amides is 3. The van der Waals surface area contributed by atoms with Crippen LogP contribution in [0.2, 0.25) is 0 Å². The predicted molar refractivity (Wildman–Crippen MR) is 84.6 cm³/mol. The Labute approximate surface area is 123 Å². The van der Waals surface area contributed by atoms with Crippen molar-refractivity contribution in [1.29, 1.82) is 0 Å². The highest BCUT2D eigenvalue weighted by molar-refractivity contribution is 6.00. The smallest absolute Gasteiger partial charge is 0.323 e. The highest BCUT2D eigenvalue weighted by Crippen LogP contribution is 2.20. The van der Waals surface area contributed by atoms with E-state index >= 15 is 0 Å². The molecule has 0 bridgehead atoms. The summed E-state index contributed by atoms with van der Waals surface area (Å²) in [5, 5.41) is 8.18. The summed E-state index contributed by atoms with van der Waals surface area (Å²) in [5.41, 5.74) is 2.93. The highest BCUT2D eigenvalue weighted by atomic mass is 16.2. The first-order valence-corrected chi connectivity index (χ1v) is 6.56. The van der Waals surface area contributed by atoms with Gasteiger partial charge in [0.15, 0.2) is 0 Å². The summed E-state index contributed by atoms with van der Waals surface area (Å²) >= 11 is 0. The fourth-order valence-corrected chi connectivity index (χ4v) is 1.84. The van der Waals surface area contributed by atoms with Crippen LogP contribution in [-0.4, -0.2) is 11.9 Å². The Balaban J connectivity index is 2.05. The molecule has 2 aromatic rings. The quantitative estimate of drug-likeness (QED) is 0.805. The SMILES string of the molecule is CC(=O)Nc1cc(NC(=O)Nc2ccccc2)ccc1C. The molecule has 5 nitrogen and oxygen atoms in total. The van der Waals surface area contributed by atoms with E-state index in [1.807, 2.05) is 31.2 Å². The van der Waals surface area contributed by atoms with Crippen molar-refractivity contribution in [3.63, 3.8) is 0 Å². The van der Waals surface area contributed by atoms with Crippen LogP contribution in [0.25, 0.3) is 0 Å². The molecule has 0 atom stereocenters. The molecule has 21 heavy (non-hydrogen) atoms. The molecule has 108 valence electrons. The van der Waals surface area contributed by atoms with Crippen molar-refractivity contribution in [2.24, 2.45) is 0 Å². The molecule has 0 radical (unpaired) electrons. The number of aryl methyl sites for hydroxylation is 1. The van der Waals surface area contributed by atoms with Crippen molar-refractivity contribution in [1.82, 2.24) is 0 Å².